The number of benzene rings is 2. The molecule has 120 valence electrons. The SMILES string of the molecule is C[C@H](NC(=O)Cn1cc(C#N)c2cc(Br)ccc21)c1ccccc1. The zero-order valence-electron chi connectivity index (χ0n) is 13.2. The Hall–Kier alpha value is -2.58. The lowest BCUT2D eigenvalue weighted by atomic mass is 10.1. The minimum atomic E-state index is -0.0874. The zero-order valence-corrected chi connectivity index (χ0v) is 14.7. The molecule has 1 atom stereocenters. The topological polar surface area (TPSA) is 57.8 Å². The molecule has 1 N–H and O–H groups in total. The van der Waals surface area contributed by atoms with Gasteiger partial charge in [0.15, 0.2) is 0 Å². The average molecular weight is 382 g/mol. The number of halogens is 1. The highest BCUT2D eigenvalue weighted by Gasteiger charge is 2.13. The van der Waals surface area contributed by atoms with E-state index in [9.17, 15) is 10.1 Å². The van der Waals surface area contributed by atoms with Crippen LogP contribution in [0.5, 0.6) is 0 Å². The van der Waals surface area contributed by atoms with Gasteiger partial charge in [0.1, 0.15) is 12.6 Å². The molecule has 0 radical (unpaired) electrons. The molecule has 0 aliphatic heterocycles. The molecule has 0 fully saturated rings. The van der Waals surface area contributed by atoms with Gasteiger partial charge in [0.25, 0.3) is 0 Å². The Bertz CT molecular complexity index is 925. The first-order chi connectivity index (χ1) is 11.6. The summed E-state index contributed by atoms with van der Waals surface area (Å²) in [5, 5.41) is 13.1. The van der Waals surface area contributed by atoms with Crippen LogP contribution in [0.2, 0.25) is 0 Å². The van der Waals surface area contributed by atoms with Gasteiger partial charge in [0, 0.05) is 21.6 Å². The Morgan fingerprint density at radius 3 is 2.75 bits per heavy atom. The van der Waals surface area contributed by atoms with Gasteiger partial charge in [-0.3, -0.25) is 4.79 Å². The predicted molar refractivity (Wildman–Crippen MR) is 97.4 cm³/mol. The van der Waals surface area contributed by atoms with Crippen LogP contribution in [0.4, 0.5) is 0 Å². The van der Waals surface area contributed by atoms with Gasteiger partial charge in [0.05, 0.1) is 11.6 Å². The third-order valence-electron chi connectivity index (χ3n) is 3.95. The van der Waals surface area contributed by atoms with Crippen LogP contribution < -0.4 is 5.32 Å². The van der Waals surface area contributed by atoms with Gasteiger partial charge in [0.2, 0.25) is 5.91 Å². The van der Waals surface area contributed by atoms with E-state index in [1.165, 1.54) is 0 Å². The molecule has 1 heterocycles. The first kappa shape index (κ1) is 16.3. The Morgan fingerprint density at radius 1 is 1.29 bits per heavy atom. The second-order valence-electron chi connectivity index (χ2n) is 5.64. The summed E-state index contributed by atoms with van der Waals surface area (Å²) in [6.07, 6.45) is 1.73. The van der Waals surface area contributed by atoms with Crippen molar-refractivity contribution in [1.29, 1.82) is 5.26 Å². The van der Waals surface area contributed by atoms with Crippen molar-refractivity contribution in [3.05, 3.63) is 70.3 Å². The Kier molecular flexibility index (Phi) is 4.68. The molecule has 0 bridgehead atoms. The molecular formula is C19H16BrN3O. The minimum absolute atomic E-state index is 0.0647. The maximum absolute atomic E-state index is 12.4. The molecule has 3 aromatic rings. The molecule has 0 saturated carbocycles. The van der Waals surface area contributed by atoms with Gasteiger partial charge < -0.3 is 9.88 Å². The molecule has 2 aromatic carbocycles. The number of nitrogens with one attached hydrogen (secondary N) is 1. The molecule has 0 aliphatic rings. The fourth-order valence-electron chi connectivity index (χ4n) is 2.76. The molecular weight excluding hydrogens is 366 g/mol. The normalized spacial score (nSPS) is 11.9. The molecule has 0 saturated heterocycles. The summed E-state index contributed by atoms with van der Waals surface area (Å²) in [5.74, 6) is -0.0874. The van der Waals surface area contributed by atoms with E-state index >= 15 is 0 Å². The van der Waals surface area contributed by atoms with E-state index < -0.39 is 0 Å². The average Bonchev–Trinajstić information content (AvgIpc) is 2.92. The first-order valence-electron chi connectivity index (χ1n) is 7.61. The van der Waals surface area contributed by atoms with Crippen LogP contribution in [0.15, 0.2) is 59.2 Å². The largest absolute Gasteiger partial charge is 0.348 e. The lowest BCUT2D eigenvalue weighted by Crippen LogP contribution is -2.29. The van der Waals surface area contributed by atoms with Gasteiger partial charge in [-0.05, 0) is 30.7 Å². The number of amides is 1. The highest BCUT2D eigenvalue weighted by molar-refractivity contribution is 9.10. The minimum Gasteiger partial charge on any atom is -0.348 e. The molecule has 0 aliphatic carbocycles. The zero-order chi connectivity index (χ0) is 17.1. The van der Waals surface area contributed by atoms with E-state index in [1.807, 2.05) is 60.0 Å². The van der Waals surface area contributed by atoms with E-state index in [-0.39, 0.29) is 18.5 Å². The first-order valence-corrected chi connectivity index (χ1v) is 8.40. The van der Waals surface area contributed by atoms with Crippen molar-refractivity contribution in [1.82, 2.24) is 9.88 Å². The fraction of sp³-hybridized carbons (Fsp3) is 0.158. The second-order valence-corrected chi connectivity index (χ2v) is 6.56. The number of hydrogen-bond acceptors (Lipinski definition) is 2. The van der Waals surface area contributed by atoms with Crippen molar-refractivity contribution >= 4 is 32.7 Å². The Labute approximate surface area is 148 Å². The molecule has 3 rings (SSSR count). The third kappa shape index (κ3) is 3.34. The summed E-state index contributed by atoms with van der Waals surface area (Å²) in [4.78, 5) is 12.4. The van der Waals surface area contributed by atoms with Gasteiger partial charge >= 0.3 is 0 Å². The van der Waals surface area contributed by atoms with Crippen LogP contribution in [0.1, 0.15) is 24.1 Å². The van der Waals surface area contributed by atoms with Crippen LogP contribution in [0, 0.1) is 11.3 Å². The molecule has 4 nitrogen and oxygen atoms in total. The monoisotopic (exact) mass is 381 g/mol. The van der Waals surface area contributed by atoms with Crippen LogP contribution >= 0.6 is 15.9 Å². The number of aromatic nitrogens is 1. The summed E-state index contributed by atoms with van der Waals surface area (Å²) in [7, 11) is 0. The van der Waals surface area contributed by atoms with Gasteiger partial charge in [-0.15, -0.1) is 0 Å². The van der Waals surface area contributed by atoms with E-state index in [4.69, 9.17) is 0 Å². The number of nitriles is 1. The lowest BCUT2D eigenvalue weighted by molar-refractivity contribution is -0.122. The molecule has 1 aromatic heterocycles. The van der Waals surface area contributed by atoms with Crippen molar-refractivity contribution in [3.8, 4) is 6.07 Å². The molecule has 0 spiro atoms. The highest BCUT2D eigenvalue weighted by Crippen LogP contribution is 2.25. The van der Waals surface area contributed by atoms with Crippen molar-refractivity contribution in [2.75, 3.05) is 0 Å². The standard InChI is InChI=1S/C19H16BrN3O/c1-13(14-5-3-2-4-6-14)22-19(24)12-23-11-15(10-21)17-9-16(20)7-8-18(17)23/h2-9,11,13H,12H2,1H3,(H,22,24)/t13-/m0/s1. The maximum atomic E-state index is 12.4. The Balaban J connectivity index is 1.80. The second kappa shape index (κ2) is 6.90. The number of rotatable bonds is 4. The summed E-state index contributed by atoms with van der Waals surface area (Å²) < 4.78 is 2.72. The quantitative estimate of drug-likeness (QED) is 0.737. The van der Waals surface area contributed by atoms with Crippen LogP contribution in [0.3, 0.4) is 0 Å². The molecule has 0 unspecified atom stereocenters. The number of carbonyl (C=O) groups is 1. The summed E-state index contributed by atoms with van der Waals surface area (Å²) >= 11 is 3.42. The van der Waals surface area contributed by atoms with E-state index in [1.54, 1.807) is 6.20 Å². The third-order valence-corrected chi connectivity index (χ3v) is 4.45. The molecule has 5 heteroatoms. The van der Waals surface area contributed by atoms with Gasteiger partial charge in [-0.1, -0.05) is 46.3 Å². The number of carbonyl (C=O) groups excluding carboxylic acids is 1. The van der Waals surface area contributed by atoms with Crippen molar-refractivity contribution < 1.29 is 4.79 Å². The van der Waals surface area contributed by atoms with Crippen LogP contribution in [0.25, 0.3) is 10.9 Å². The number of fused-ring (bicyclic) bond motifs is 1. The Morgan fingerprint density at radius 2 is 2.04 bits per heavy atom. The van der Waals surface area contributed by atoms with Gasteiger partial charge in [-0.2, -0.15) is 5.26 Å². The summed E-state index contributed by atoms with van der Waals surface area (Å²) in [5.41, 5.74) is 2.50. The van der Waals surface area contributed by atoms with Gasteiger partial charge in [-0.25, -0.2) is 0 Å². The predicted octanol–water partition coefficient (Wildman–Crippen LogP) is 4.15. The smallest absolute Gasteiger partial charge is 0.240 e. The number of hydrogen-bond donors (Lipinski definition) is 1. The highest BCUT2D eigenvalue weighted by atomic mass is 79.9. The molecule has 1 amide bonds. The van der Waals surface area contributed by atoms with E-state index in [2.05, 4.69) is 27.3 Å². The van der Waals surface area contributed by atoms with E-state index in [0.29, 0.717) is 5.56 Å². The fourth-order valence-corrected chi connectivity index (χ4v) is 3.12. The summed E-state index contributed by atoms with van der Waals surface area (Å²) in [6.45, 7) is 2.13. The van der Waals surface area contributed by atoms with Crippen LogP contribution in [-0.2, 0) is 11.3 Å². The summed E-state index contributed by atoms with van der Waals surface area (Å²) in [6, 6.07) is 17.7. The number of nitrogens with zero attached hydrogens (tertiary/aromatic N) is 2. The molecule has 24 heavy (non-hydrogen) atoms. The van der Waals surface area contributed by atoms with E-state index in [0.717, 1.165) is 20.9 Å². The lowest BCUT2D eigenvalue weighted by Gasteiger charge is -2.15. The van der Waals surface area contributed by atoms with Crippen molar-refractivity contribution in [3.63, 3.8) is 0 Å². The van der Waals surface area contributed by atoms with Crippen LogP contribution in [-0.4, -0.2) is 10.5 Å². The van der Waals surface area contributed by atoms with Crippen molar-refractivity contribution in [2.24, 2.45) is 0 Å². The maximum Gasteiger partial charge on any atom is 0.240 e. The van der Waals surface area contributed by atoms with Crippen molar-refractivity contribution in [2.45, 2.75) is 19.5 Å².